The number of carboxylic acid groups (broad SMARTS) is 1. The van der Waals surface area contributed by atoms with Gasteiger partial charge in [-0.1, -0.05) is 0 Å². The Morgan fingerprint density at radius 2 is 2.20 bits per heavy atom. The van der Waals surface area contributed by atoms with Crippen molar-refractivity contribution in [2.75, 3.05) is 11.9 Å². The number of carbonyl (C=O) groups is 1. The van der Waals surface area contributed by atoms with Gasteiger partial charge in [0, 0.05) is 12.2 Å². The van der Waals surface area contributed by atoms with Gasteiger partial charge in [-0.3, -0.25) is 4.79 Å². The Labute approximate surface area is 117 Å². The molecule has 3 rings (SSSR count). The van der Waals surface area contributed by atoms with E-state index in [4.69, 9.17) is 0 Å². The Hall–Kier alpha value is -2.09. The topological polar surface area (TPSA) is 86.0 Å². The van der Waals surface area contributed by atoms with Crippen LogP contribution in [0.15, 0.2) is 6.07 Å². The number of hydrogen-bond donors (Lipinski definition) is 2. The van der Waals surface area contributed by atoms with Crippen LogP contribution in [0.2, 0.25) is 0 Å². The van der Waals surface area contributed by atoms with Gasteiger partial charge in [0.05, 0.1) is 11.0 Å². The molecule has 0 atom stereocenters. The summed E-state index contributed by atoms with van der Waals surface area (Å²) in [6, 6.07) is 4.07. The van der Waals surface area contributed by atoms with Gasteiger partial charge in [-0.25, -0.2) is 4.98 Å². The average Bonchev–Trinajstić information content (AvgIpc) is 3.25. The van der Waals surface area contributed by atoms with Crippen LogP contribution >= 0.6 is 0 Å². The normalized spacial score (nSPS) is 18.8. The number of nitrogens with zero attached hydrogens (tertiary/aromatic N) is 2. The molecule has 2 aliphatic carbocycles. The van der Waals surface area contributed by atoms with E-state index in [9.17, 15) is 15.2 Å². The van der Waals surface area contributed by atoms with Crippen LogP contribution in [-0.2, 0) is 17.6 Å². The van der Waals surface area contributed by atoms with Gasteiger partial charge in [-0.15, -0.1) is 0 Å². The fourth-order valence-corrected chi connectivity index (χ4v) is 2.72. The van der Waals surface area contributed by atoms with Gasteiger partial charge in [-0.05, 0) is 50.2 Å². The number of fused-ring (bicyclic) bond motifs is 1. The number of carboxylic acids is 1. The second kappa shape index (κ2) is 4.78. The highest BCUT2D eigenvalue weighted by atomic mass is 16.4. The Bertz CT molecular complexity index is 600. The molecular weight excluding hydrogens is 254 g/mol. The van der Waals surface area contributed by atoms with Crippen LogP contribution < -0.4 is 5.32 Å². The fraction of sp³-hybridized carbons (Fsp3) is 0.533. The third-order valence-corrected chi connectivity index (χ3v) is 4.32. The van der Waals surface area contributed by atoms with Crippen LogP contribution in [0.1, 0.15) is 42.5 Å². The van der Waals surface area contributed by atoms with Crippen molar-refractivity contribution in [2.24, 2.45) is 5.41 Å². The molecule has 2 aliphatic rings. The lowest BCUT2D eigenvalue weighted by molar-refractivity contribution is -0.142. The van der Waals surface area contributed by atoms with Gasteiger partial charge in [0.25, 0.3) is 0 Å². The van der Waals surface area contributed by atoms with E-state index in [2.05, 4.69) is 16.4 Å². The van der Waals surface area contributed by atoms with Crippen LogP contribution in [0.4, 0.5) is 5.82 Å². The van der Waals surface area contributed by atoms with Gasteiger partial charge in [0.15, 0.2) is 0 Å². The SMILES string of the molecule is N#Cc1cc2c(nc1NCC1(C(=O)O)CC1)CCCC2. The number of pyridine rings is 1. The first kappa shape index (κ1) is 12.9. The Kier molecular flexibility index (Phi) is 3.09. The molecule has 0 amide bonds. The molecule has 5 heteroatoms. The van der Waals surface area contributed by atoms with E-state index in [-0.39, 0.29) is 0 Å². The summed E-state index contributed by atoms with van der Waals surface area (Å²) >= 11 is 0. The standard InChI is InChI=1S/C15H17N3O2/c16-8-11-7-10-3-1-2-4-12(10)18-13(11)17-9-15(5-6-15)14(19)20/h7H,1-6,9H2,(H,17,18)(H,19,20). The number of nitrogens with one attached hydrogen (secondary N) is 1. The van der Waals surface area contributed by atoms with Gasteiger partial charge >= 0.3 is 5.97 Å². The van der Waals surface area contributed by atoms with Crippen molar-refractivity contribution in [1.82, 2.24) is 4.98 Å². The van der Waals surface area contributed by atoms with E-state index in [0.29, 0.717) is 30.8 Å². The van der Waals surface area contributed by atoms with E-state index in [0.717, 1.165) is 36.9 Å². The maximum absolute atomic E-state index is 11.2. The minimum atomic E-state index is -0.763. The first-order chi connectivity index (χ1) is 9.64. The Balaban J connectivity index is 1.82. The van der Waals surface area contributed by atoms with Crippen LogP contribution in [0.5, 0.6) is 0 Å². The molecule has 0 spiro atoms. The van der Waals surface area contributed by atoms with Crippen LogP contribution in [0.3, 0.4) is 0 Å². The fourth-order valence-electron chi connectivity index (χ4n) is 2.72. The number of aryl methyl sites for hydroxylation is 2. The molecular formula is C15H17N3O2. The third-order valence-electron chi connectivity index (χ3n) is 4.32. The number of hydrogen-bond acceptors (Lipinski definition) is 4. The van der Waals surface area contributed by atoms with Crippen molar-refractivity contribution in [2.45, 2.75) is 38.5 Å². The van der Waals surface area contributed by atoms with Crippen molar-refractivity contribution in [3.8, 4) is 6.07 Å². The van der Waals surface area contributed by atoms with Gasteiger partial charge in [0.2, 0.25) is 0 Å². The van der Waals surface area contributed by atoms with Crippen LogP contribution in [0.25, 0.3) is 0 Å². The lowest BCUT2D eigenvalue weighted by Gasteiger charge is -2.18. The molecule has 2 N–H and O–H groups in total. The zero-order valence-electron chi connectivity index (χ0n) is 11.3. The van der Waals surface area contributed by atoms with E-state index in [1.807, 2.05) is 6.07 Å². The molecule has 0 radical (unpaired) electrons. The van der Waals surface area contributed by atoms with E-state index in [1.165, 1.54) is 0 Å². The second-order valence-corrected chi connectivity index (χ2v) is 5.75. The largest absolute Gasteiger partial charge is 0.481 e. The van der Waals surface area contributed by atoms with Crippen molar-refractivity contribution in [1.29, 1.82) is 5.26 Å². The summed E-state index contributed by atoms with van der Waals surface area (Å²) in [6.45, 7) is 0.350. The average molecular weight is 271 g/mol. The Morgan fingerprint density at radius 1 is 1.45 bits per heavy atom. The number of aliphatic carboxylic acids is 1. The molecule has 5 nitrogen and oxygen atoms in total. The summed E-state index contributed by atoms with van der Waals surface area (Å²) in [6.07, 6.45) is 5.60. The van der Waals surface area contributed by atoms with Crippen molar-refractivity contribution in [3.63, 3.8) is 0 Å². The zero-order valence-corrected chi connectivity index (χ0v) is 11.3. The number of rotatable bonds is 4. The molecule has 0 aromatic carbocycles. The number of nitriles is 1. The van der Waals surface area contributed by atoms with E-state index in [1.54, 1.807) is 0 Å². The molecule has 1 fully saturated rings. The molecule has 1 aromatic heterocycles. The highest BCUT2D eigenvalue weighted by Gasteiger charge is 2.50. The highest BCUT2D eigenvalue weighted by Crippen LogP contribution is 2.45. The zero-order chi connectivity index (χ0) is 14.2. The lowest BCUT2D eigenvalue weighted by atomic mass is 9.95. The molecule has 0 unspecified atom stereocenters. The number of aromatic nitrogens is 1. The predicted molar refractivity (Wildman–Crippen MR) is 73.4 cm³/mol. The quantitative estimate of drug-likeness (QED) is 0.876. The minimum Gasteiger partial charge on any atom is -0.481 e. The smallest absolute Gasteiger partial charge is 0.311 e. The summed E-state index contributed by atoms with van der Waals surface area (Å²) in [7, 11) is 0. The Morgan fingerprint density at radius 3 is 2.85 bits per heavy atom. The monoisotopic (exact) mass is 271 g/mol. The summed E-state index contributed by atoms with van der Waals surface area (Å²) < 4.78 is 0. The van der Waals surface area contributed by atoms with Crippen LogP contribution in [0, 0.1) is 16.7 Å². The summed E-state index contributed by atoms with van der Waals surface area (Å²) in [5.74, 6) is -0.220. The summed E-state index contributed by atoms with van der Waals surface area (Å²) in [5.41, 5.74) is 2.09. The van der Waals surface area contributed by atoms with Crippen LogP contribution in [-0.4, -0.2) is 22.6 Å². The third kappa shape index (κ3) is 2.22. The first-order valence-corrected chi connectivity index (χ1v) is 7.05. The molecule has 104 valence electrons. The van der Waals surface area contributed by atoms with Gasteiger partial charge in [0.1, 0.15) is 11.9 Å². The molecule has 1 heterocycles. The van der Waals surface area contributed by atoms with Gasteiger partial charge < -0.3 is 10.4 Å². The van der Waals surface area contributed by atoms with E-state index < -0.39 is 11.4 Å². The lowest BCUT2D eigenvalue weighted by Crippen LogP contribution is -2.25. The minimum absolute atomic E-state index is 0.350. The highest BCUT2D eigenvalue weighted by molar-refractivity contribution is 5.78. The summed E-state index contributed by atoms with van der Waals surface area (Å²) in [4.78, 5) is 15.7. The molecule has 20 heavy (non-hydrogen) atoms. The summed E-state index contributed by atoms with van der Waals surface area (Å²) in [5, 5.41) is 21.5. The molecule has 1 saturated carbocycles. The molecule has 0 saturated heterocycles. The molecule has 0 aliphatic heterocycles. The van der Waals surface area contributed by atoms with E-state index >= 15 is 0 Å². The van der Waals surface area contributed by atoms with Crippen molar-refractivity contribution in [3.05, 3.63) is 22.9 Å². The maximum atomic E-state index is 11.2. The predicted octanol–water partition coefficient (Wildman–Crippen LogP) is 2.11. The van der Waals surface area contributed by atoms with Crippen molar-refractivity contribution < 1.29 is 9.90 Å². The maximum Gasteiger partial charge on any atom is 0.311 e. The molecule has 0 bridgehead atoms. The number of anilines is 1. The van der Waals surface area contributed by atoms with Gasteiger partial charge in [-0.2, -0.15) is 5.26 Å². The first-order valence-electron chi connectivity index (χ1n) is 7.05. The molecule has 1 aromatic rings. The second-order valence-electron chi connectivity index (χ2n) is 5.75. The van der Waals surface area contributed by atoms with Crippen molar-refractivity contribution >= 4 is 11.8 Å².